The Morgan fingerprint density at radius 1 is 1.14 bits per heavy atom. The molecule has 2 rings (SSSR count). The molecule has 0 saturated carbocycles. The number of aryl methyl sites for hydroxylation is 2. The molecule has 0 radical (unpaired) electrons. The fourth-order valence-corrected chi connectivity index (χ4v) is 2.10. The Hall–Kier alpha value is -2.17. The van der Waals surface area contributed by atoms with E-state index in [2.05, 4.69) is 27.2 Å². The molecule has 0 bridgehead atoms. The van der Waals surface area contributed by atoms with Crippen LogP contribution in [0.3, 0.4) is 0 Å². The molecule has 0 saturated heterocycles. The number of unbranched alkanes of at least 4 members (excludes halogenated alkanes) is 2. The minimum atomic E-state index is 0.414. The molecule has 5 heteroatoms. The number of aromatic nitrogens is 3. The van der Waals surface area contributed by atoms with Crippen molar-refractivity contribution in [3.05, 3.63) is 41.6 Å². The van der Waals surface area contributed by atoms with Gasteiger partial charge in [-0.25, -0.2) is 9.97 Å². The molecule has 0 aliphatic carbocycles. The monoisotopic (exact) mass is 300 g/mol. The molecule has 0 unspecified atom stereocenters. The van der Waals surface area contributed by atoms with E-state index in [1.165, 1.54) is 12.8 Å². The summed E-state index contributed by atoms with van der Waals surface area (Å²) in [6, 6.07) is 5.91. The molecule has 0 aliphatic heterocycles. The van der Waals surface area contributed by atoms with Gasteiger partial charge < -0.3 is 10.1 Å². The van der Waals surface area contributed by atoms with Crippen molar-refractivity contribution in [2.24, 2.45) is 0 Å². The lowest BCUT2D eigenvalue weighted by atomic mass is 10.2. The summed E-state index contributed by atoms with van der Waals surface area (Å²) in [4.78, 5) is 13.1. The van der Waals surface area contributed by atoms with Crippen LogP contribution in [-0.2, 0) is 6.61 Å². The van der Waals surface area contributed by atoms with Crippen LogP contribution >= 0.6 is 0 Å². The van der Waals surface area contributed by atoms with Crippen LogP contribution in [0.5, 0.6) is 5.75 Å². The van der Waals surface area contributed by atoms with Crippen LogP contribution in [0.25, 0.3) is 0 Å². The summed E-state index contributed by atoms with van der Waals surface area (Å²) < 4.78 is 5.84. The summed E-state index contributed by atoms with van der Waals surface area (Å²) in [7, 11) is 0. The zero-order valence-corrected chi connectivity index (χ0v) is 13.6. The van der Waals surface area contributed by atoms with E-state index in [1.807, 2.05) is 32.0 Å². The van der Waals surface area contributed by atoms with Gasteiger partial charge >= 0.3 is 0 Å². The minimum Gasteiger partial charge on any atom is -0.482 e. The zero-order valence-electron chi connectivity index (χ0n) is 13.6. The highest BCUT2D eigenvalue weighted by molar-refractivity contribution is 5.48. The van der Waals surface area contributed by atoms with E-state index >= 15 is 0 Å². The van der Waals surface area contributed by atoms with E-state index in [1.54, 1.807) is 6.20 Å². The average Bonchev–Trinajstić information content (AvgIpc) is 2.51. The maximum absolute atomic E-state index is 5.84. The third-order valence-corrected chi connectivity index (χ3v) is 3.27. The highest BCUT2D eigenvalue weighted by atomic mass is 16.5. The largest absolute Gasteiger partial charge is 0.482 e. The minimum absolute atomic E-state index is 0.414. The van der Waals surface area contributed by atoms with Gasteiger partial charge in [0.15, 0.2) is 11.6 Å². The van der Waals surface area contributed by atoms with Crippen LogP contribution < -0.4 is 10.1 Å². The summed E-state index contributed by atoms with van der Waals surface area (Å²) >= 11 is 0. The second-order valence-electron chi connectivity index (χ2n) is 5.32. The van der Waals surface area contributed by atoms with Crippen molar-refractivity contribution in [2.75, 3.05) is 11.9 Å². The lowest BCUT2D eigenvalue weighted by molar-refractivity contribution is 0.300. The normalized spacial score (nSPS) is 10.5. The average molecular weight is 300 g/mol. The van der Waals surface area contributed by atoms with Crippen molar-refractivity contribution in [1.29, 1.82) is 0 Å². The molecule has 2 heterocycles. The number of hydrogen-bond donors (Lipinski definition) is 1. The van der Waals surface area contributed by atoms with Crippen LogP contribution in [0.15, 0.2) is 24.4 Å². The van der Waals surface area contributed by atoms with Crippen LogP contribution in [-0.4, -0.2) is 21.5 Å². The lowest BCUT2D eigenvalue weighted by Crippen LogP contribution is -2.08. The van der Waals surface area contributed by atoms with Crippen LogP contribution in [0, 0.1) is 13.8 Å². The van der Waals surface area contributed by atoms with Gasteiger partial charge in [0, 0.05) is 12.2 Å². The van der Waals surface area contributed by atoms with Crippen molar-refractivity contribution in [2.45, 2.75) is 46.6 Å². The van der Waals surface area contributed by atoms with E-state index in [0.717, 1.165) is 36.0 Å². The van der Waals surface area contributed by atoms with E-state index in [9.17, 15) is 0 Å². The molecule has 0 amide bonds. The number of nitrogens with one attached hydrogen (secondary N) is 1. The van der Waals surface area contributed by atoms with Gasteiger partial charge in [-0.3, -0.25) is 4.98 Å². The first kappa shape index (κ1) is 16.2. The topological polar surface area (TPSA) is 59.9 Å². The van der Waals surface area contributed by atoms with E-state index in [-0.39, 0.29) is 0 Å². The number of pyridine rings is 1. The third-order valence-electron chi connectivity index (χ3n) is 3.27. The van der Waals surface area contributed by atoms with Gasteiger partial charge in [-0.2, -0.15) is 0 Å². The molecular formula is C17H24N4O. The van der Waals surface area contributed by atoms with Gasteiger partial charge in [0.1, 0.15) is 12.4 Å². The second kappa shape index (κ2) is 8.32. The Morgan fingerprint density at radius 2 is 2.00 bits per heavy atom. The predicted molar refractivity (Wildman–Crippen MR) is 88.1 cm³/mol. The first-order chi connectivity index (χ1) is 10.7. The van der Waals surface area contributed by atoms with Crippen LogP contribution in [0.4, 0.5) is 5.82 Å². The summed E-state index contributed by atoms with van der Waals surface area (Å²) in [5, 5.41) is 3.34. The maximum atomic E-state index is 5.84. The van der Waals surface area contributed by atoms with Gasteiger partial charge in [-0.1, -0.05) is 25.8 Å². The molecule has 0 aliphatic rings. The second-order valence-corrected chi connectivity index (χ2v) is 5.32. The van der Waals surface area contributed by atoms with Crippen LogP contribution in [0.1, 0.15) is 43.4 Å². The maximum Gasteiger partial charge on any atom is 0.180 e. The Labute approximate surface area is 132 Å². The molecule has 0 aromatic carbocycles. The first-order valence-corrected chi connectivity index (χ1v) is 7.82. The SMILES string of the molecule is CCCCCNc1nc(C)ncc1OCc1cccc(C)n1. The van der Waals surface area contributed by atoms with Crippen molar-refractivity contribution >= 4 is 5.82 Å². The molecule has 22 heavy (non-hydrogen) atoms. The van der Waals surface area contributed by atoms with E-state index in [4.69, 9.17) is 4.74 Å². The molecule has 118 valence electrons. The third kappa shape index (κ3) is 4.98. The number of nitrogens with zero attached hydrogens (tertiary/aromatic N) is 3. The van der Waals surface area contributed by atoms with E-state index < -0.39 is 0 Å². The summed E-state index contributed by atoms with van der Waals surface area (Å²) in [5.74, 6) is 2.17. The standard InChI is InChI=1S/C17H24N4O/c1-4-5-6-10-18-17-16(11-19-14(3)21-17)22-12-15-9-7-8-13(2)20-15/h7-9,11H,4-6,10,12H2,1-3H3,(H,18,19,21). The number of anilines is 1. The van der Waals surface area contributed by atoms with Gasteiger partial charge in [-0.05, 0) is 32.4 Å². The first-order valence-electron chi connectivity index (χ1n) is 7.82. The lowest BCUT2D eigenvalue weighted by Gasteiger charge is -2.12. The quantitative estimate of drug-likeness (QED) is 0.754. The zero-order chi connectivity index (χ0) is 15.8. The highest BCUT2D eigenvalue weighted by Crippen LogP contribution is 2.22. The number of hydrogen-bond acceptors (Lipinski definition) is 5. The van der Waals surface area contributed by atoms with Gasteiger partial charge in [0.25, 0.3) is 0 Å². The fraction of sp³-hybridized carbons (Fsp3) is 0.471. The number of ether oxygens (including phenoxy) is 1. The summed E-state index contributed by atoms with van der Waals surface area (Å²) in [6.45, 7) is 7.35. The molecule has 1 N–H and O–H groups in total. The Bertz CT molecular complexity index is 601. The summed E-state index contributed by atoms with van der Waals surface area (Å²) in [6.07, 6.45) is 5.26. The van der Waals surface area contributed by atoms with Crippen LogP contribution in [0.2, 0.25) is 0 Å². The molecule has 5 nitrogen and oxygen atoms in total. The molecule has 2 aromatic heterocycles. The molecular weight excluding hydrogens is 276 g/mol. The predicted octanol–water partition coefficient (Wildman–Crippen LogP) is 3.67. The van der Waals surface area contributed by atoms with Crippen molar-refractivity contribution in [3.8, 4) is 5.75 Å². The molecule has 0 atom stereocenters. The smallest absolute Gasteiger partial charge is 0.180 e. The Morgan fingerprint density at radius 3 is 2.77 bits per heavy atom. The molecule has 0 fully saturated rings. The fourth-order valence-electron chi connectivity index (χ4n) is 2.10. The van der Waals surface area contributed by atoms with Gasteiger partial charge in [0.2, 0.25) is 0 Å². The molecule has 2 aromatic rings. The van der Waals surface area contributed by atoms with Crippen molar-refractivity contribution in [1.82, 2.24) is 15.0 Å². The number of rotatable bonds is 8. The van der Waals surface area contributed by atoms with Crippen molar-refractivity contribution in [3.63, 3.8) is 0 Å². The Balaban J connectivity index is 1.99. The highest BCUT2D eigenvalue weighted by Gasteiger charge is 2.07. The summed E-state index contributed by atoms with van der Waals surface area (Å²) in [5.41, 5.74) is 1.89. The Kier molecular flexibility index (Phi) is 6.13. The van der Waals surface area contributed by atoms with Gasteiger partial charge in [0.05, 0.1) is 11.9 Å². The van der Waals surface area contributed by atoms with E-state index in [0.29, 0.717) is 12.4 Å². The van der Waals surface area contributed by atoms with Crippen molar-refractivity contribution < 1.29 is 4.74 Å². The molecule has 0 spiro atoms. The van der Waals surface area contributed by atoms with Gasteiger partial charge in [-0.15, -0.1) is 0 Å².